The van der Waals surface area contributed by atoms with Crippen molar-refractivity contribution in [2.45, 2.75) is 58.5 Å². The lowest BCUT2D eigenvalue weighted by atomic mass is 9.91. The van der Waals surface area contributed by atoms with Gasteiger partial charge < -0.3 is 5.73 Å². The van der Waals surface area contributed by atoms with Crippen molar-refractivity contribution in [1.82, 2.24) is 4.90 Å². The van der Waals surface area contributed by atoms with Crippen LogP contribution in [0.15, 0.2) is 0 Å². The Kier molecular flexibility index (Phi) is 3.33. The highest BCUT2D eigenvalue weighted by atomic mass is 15.2. The van der Waals surface area contributed by atoms with E-state index >= 15 is 0 Å². The highest BCUT2D eigenvalue weighted by Crippen LogP contribution is 2.45. The van der Waals surface area contributed by atoms with E-state index in [1.807, 2.05) is 0 Å². The number of rotatable bonds is 4. The third kappa shape index (κ3) is 2.43. The quantitative estimate of drug-likeness (QED) is 0.795. The molecule has 94 valence electrons. The average molecular weight is 224 g/mol. The Balaban J connectivity index is 2.00. The Morgan fingerprint density at radius 1 is 1.31 bits per heavy atom. The Morgan fingerprint density at radius 2 is 1.94 bits per heavy atom. The smallest absolute Gasteiger partial charge is 0.0246 e. The third-order valence-corrected chi connectivity index (χ3v) is 4.75. The highest BCUT2D eigenvalue weighted by molar-refractivity contribution is 4.97. The van der Waals surface area contributed by atoms with Crippen molar-refractivity contribution in [3.8, 4) is 0 Å². The zero-order chi connectivity index (χ0) is 11.9. The first-order valence-corrected chi connectivity index (χ1v) is 6.86. The molecule has 0 aromatic heterocycles. The number of likely N-dealkylation sites (N-methyl/N-ethyl adjacent to an activating group) is 1. The molecule has 0 saturated heterocycles. The molecule has 0 spiro atoms. The summed E-state index contributed by atoms with van der Waals surface area (Å²) in [5, 5.41) is 0. The summed E-state index contributed by atoms with van der Waals surface area (Å²) >= 11 is 0. The van der Waals surface area contributed by atoms with E-state index in [0.717, 1.165) is 24.4 Å². The van der Waals surface area contributed by atoms with Crippen molar-refractivity contribution in [3.63, 3.8) is 0 Å². The molecular weight excluding hydrogens is 196 g/mol. The van der Waals surface area contributed by atoms with E-state index in [0.29, 0.717) is 11.5 Å². The molecule has 0 radical (unpaired) electrons. The first kappa shape index (κ1) is 12.4. The fraction of sp³-hybridized carbons (Fsp3) is 1.00. The maximum absolute atomic E-state index is 5.95. The van der Waals surface area contributed by atoms with Crippen LogP contribution in [-0.4, -0.2) is 30.6 Å². The standard InChI is InChI=1S/C14H28N2/c1-10-7-14(2,3)8-12(10)16(4)13(9-15)11-5-6-11/h10-13H,5-9,15H2,1-4H3. The molecule has 2 saturated carbocycles. The van der Waals surface area contributed by atoms with Gasteiger partial charge in [-0.1, -0.05) is 20.8 Å². The molecule has 0 aromatic rings. The van der Waals surface area contributed by atoms with Gasteiger partial charge in [-0.15, -0.1) is 0 Å². The van der Waals surface area contributed by atoms with E-state index in [2.05, 4.69) is 32.7 Å². The molecule has 0 aliphatic heterocycles. The molecule has 3 unspecified atom stereocenters. The summed E-state index contributed by atoms with van der Waals surface area (Å²) in [4.78, 5) is 2.61. The lowest BCUT2D eigenvalue weighted by Gasteiger charge is -2.35. The molecule has 3 atom stereocenters. The maximum Gasteiger partial charge on any atom is 0.0246 e. The molecule has 0 amide bonds. The summed E-state index contributed by atoms with van der Waals surface area (Å²) in [6, 6.07) is 1.39. The molecule has 2 rings (SSSR count). The first-order chi connectivity index (χ1) is 7.44. The van der Waals surface area contributed by atoms with Crippen LogP contribution in [0.3, 0.4) is 0 Å². The molecule has 0 heterocycles. The summed E-state index contributed by atoms with van der Waals surface area (Å²) in [5.41, 5.74) is 6.48. The van der Waals surface area contributed by atoms with Gasteiger partial charge >= 0.3 is 0 Å². The lowest BCUT2D eigenvalue weighted by Crippen LogP contribution is -2.46. The Hall–Kier alpha value is -0.0800. The van der Waals surface area contributed by atoms with Crippen LogP contribution in [0.1, 0.15) is 46.5 Å². The van der Waals surface area contributed by atoms with Gasteiger partial charge in [0.15, 0.2) is 0 Å². The van der Waals surface area contributed by atoms with E-state index in [9.17, 15) is 0 Å². The van der Waals surface area contributed by atoms with Gasteiger partial charge in [0.1, 0.15) is 0 Å². The number of hydrogen-bond acceptors (Lipinski definition) is 2. The van der Waals surface area contributed by atoms with E-state index in [-0.39, 0.29) is 0 Å². The van der Waals surface area contributed by atoms with Crippen molar-refractivity contribution in [2.75, 3.05) is 13.6 Å². The fourth-order valence-electron chi connectivity index (χ4n) is 3.82. The van der Waals surface area contributed by atoms with Gasteiger partial charge in [-0.3, -0.25) is 4.90 Å². The summed E-state index contributed by atoms with van der Waals surface area (Å²) in [7, 11) is 2.30. The van der Waals surface area contributed by atoms with Crippen molar-refractivity contribution >= 4 is 0 Å². The van der Waals surface area contributed by atoms with Crippen molar-refractivity contribution in [3.05, 3.63) is 0 Å². The minimum absolute atomic E-state index is 0.529. The molecule has 2 heteroatoms. The number of nitrogens with zero attached hydrogens (tertiary/aromatic N) is 1. The SMILES string of the molecule is CC1CC(C)(C)CC1N(C)C(CN)C1CC1. The zero-order valence-electron chi connectivity index (χ0n) is 11.4. The predicted octanol–water partition coefficient (Wildman–Crippen LogP) is 2.48. The minimum atomic E-state index is 0.529. The Labute approximate surface area is 101 Å². The highest BCUT2D eigenvalue weighted by Gasteiger charge is 2.43. The van der Waals surface area contributed by atoms with Gasteiger partial charge in [-0.05, 0) is 50.0 Å². The topological polar surface area (TPSA) is 29.3 Å². The molecule has 2 N–H and O–H groups in total. The summed E-state index contributed by atoms with van der Waals surface area (Å²) in [5.74, 6) is 1.72. The van der Waals surface area contributed by atoms with Crippen LogP contribution in [0.25, 0.3) is 0 Å². The fourth-order valence-corrected chi connectivity index (χ4v) is 3.82. The van der Waals surface area contributed by atoms with Crippen LogP contribution in [0.2, 0.25) is 0 Å². The summed E-state index contributed by atoms with van der Waals surface area (Å²) < 4.78 is 0. The van der Waals surface area contributed by atoms with E-state index in [1.54, 1.807) is 0 Å². The van der Waals surface area contributed by atoms with Gasteiger partial charge in [0.05, 0.1) is 0 Å². The summed E-state index contributed by atoms with van der Waals surface area (Å²) in [6.45, 7) is 8.07. The molecular formula is C14H28N2. The van der Waals surface area contributed by atoms with Crippen LogP contribution in [0.4, 0.5) is 0 Å². The van der Waals surface area contributed by atoms with Crippen LogP contribution in [0, 0.1) is 17.3 Å². The van der Waals surface area contributed by atoms with Crippen LogP contribution < -0.4 is 5.73 Å². The predicted molar refractivity (Wildman–Crippen MR) is 69.3 cm³/mol. The Bertz CT molecular complexity index is 245. The van der Waals surface area contributed by atoms with E-state index < -0.39 is 0 Å². The second kappa shape index (κ2) is 4.30. The third-order valence-electron chi connectivity index (χ3n) is 4.75. The molecule has 2 nitrogen and oxygen atoms in total. The Morgan fingerprint density at radius 3 is 2.31 bits per heavy atom. The largest absolute Gasteiger partial charge is 0.329 e. The van der Waals surface area contributed by atoms with Crippen molar-refractivity contribution < 1.29 is 0 Å². The monoisotopic (exact) mass is 224 g/mol. The van der Waals surface area contributed by atoms with Crippen molar-refractivity contribution in [1.29, 1.82) is 0 Å². The molecule has 2 aliphatic carbocycles. The number of nitrogens with two attached hydrogens (primary N) is 1. The second-order valence-electron chi connectivity index (χ2n) is 6.92. The first-order valence-electron chi connectivity index (χ1n) is 6.86. The molecule has 0 aromatic carbocycles. The van der Waals surface area contributed by atoms with Gasteiger partial charge in [0.25, 0.3) is 0 Å². The van der Waals surface area contributed by atoms with Crippen LogP contribution in [0.5, 0.6) is 0 Å². The zero-order valence-corrected chi connectivity index (χ0v) is 11.4. The second-order valence-corrected chi connectivity index (χ2v) is 6.92. The van der Waals surface area contributed by atoms with E-state index in [1.165, 1.54) is 25.7 Å². The maximum atomic E-state index is 5.95. The minimum Gasteiger partial charge on any atom is -0.329 e. The molecule has 16 heavy (non-hydrogen) atoms. The molecule has 2 fully saturated rings. The van der Waals surface area contributed by atoms with Gasteiger partial charge in [0.2, 0.25) is 0 Å². The molecule has 0 bridgehead atoms. The number of hydrogen-bond donors (Lipinski definition) is 1. The average Bonchev–Trinajstić information content (AvgIpc) is 2.94. The van der Waals surface area contributed by atoms with Gasteiger partial charge in [0, 0.05) is 18.6 Å². The van der Waals surface area contributed by atoms with E-state index in [4.69, 9.17) is 5.73 Å². The molecule has 2 aliphatic rings. The lowest BCUT2D eigenvalue weighted by molar-refractivity contribution is 0.131. The van der Waals surface area contributed by atoms with Crippen LogP contribution >= 0.6 is 0 Å². The van der Waals surface area contributed by atoms with Gasteiger partial charge in [-0.25, -0.2) is 0 Å². The normalized spacial score (nSPS) is 35.6. The van der Waals surface area contributed by atoms with Crippen LogP contribution in [-0.2, 0) is 0 Å². The van der Waals surface area contributed by atoms with Gasteiger partial charge in [-0.2, -0.15) is 0 Å². The summed E-state index contributed by atoms with van der Waals surface area (Å²) in [6.07, 6.45) is 5.51. The van der Waals surface area contributed by atoms with Crippen molar-refractivity contribution in [2.24, 2.45) is 23.0 Å².